The molecule has 0 saturated heterocycles. The van der Waals surface area contributed by atoms with Crippen LogP contribution in [0.5, 0.6) is 34.5 Å². The first-order valence-corrected chi connectivity index (χ1v) is 27.5. The Hall–Kier alpha value is -7.27. The molecular weight excluding hydrogens is 1050 g/mol. The fourth-order valence-corrected chi connectivity index (χ4v) is 9.88. The number of methoxy groups -OCH3 is 2. The summed E-state index contributed by atoms with van der Waals surface area (Å²) in [5.74, 6) is 44.4. The average Bonchev–Trinajstić information content (AvgIpc) is 4.08. The molecule has 336 valence electrons. The van der Waals surface area contributed by atoms with E-state index in [2.05, 4.69) is 117 Å². The zero-order valence-corrected chi connectivity index (χ0v) is 42.7. The van der Waals surface area contributed by atoms with Crippen molar-refractivity contribution < 1.29 is 43.6 Å². The van der Waals surface area contributed by atoms with Crippen molar-refractivity contribution in [3.8, 4) is 178 Å². The molecule has 2 heterocycles. The van der Waals surface area contributed by atoms with E-state index in [1.54, 1.807) is 26.4 Å². The topological polar surface area (TPSA) is 107 Å². The van der Waals surface area contributed by atoms with Crippen LogP contribution in [0.2, 0.25) is 0 Å². The first kappa shape index (κ1) is 54.3. The van der Waals surface area contributed by atoms with Crippen LogP contribution in [0.1, 0.15) is 39.6 Å². The third-order valence-corrected chi connectivity index (χ3v) is 13.1. The second kappa shape index (κ2) is 30.2. The van der Waals surface area contributed by atoms with Crippen molar-refractivity contribution in [1.82, 2.24) is 0 Å². The average molecular weight is 1090 g/mol. The molecule has 0 aliphatic carbocycles. The summed E-state index contributed by atoms with van der Waals surface area (Å²) in [6, 6.07) is 22.1. The summed E-state index contributed by atoms with van der Waals surface area (Å²) in [5, 5.41) is 0.826. The third-order valence-electron chi connectivity index (χ3n) is 9.17. The van der Waals surface area contributed by atoms with Crippen molar-refractivity contribution in [2.45, 2.75) is 17.3 Å². The molecule has 0 amide bonds. The minimum atomic E-state index is -2.01. The SMILES string of the molecule is C#CC#CC#C[PH+](C#CC#CC#C)c1ccc2c(c1C(S)c1c([PH+](C#CC#CC#C)C#CC#CC#C)ccc3c1OCO3)OCO2.COc1ccc(C(N)C(N)c2ccc(OC)cc2)cc1.[Cl][Ru+2][Cl]. The summed E-state index contributed by atoms with van der Waals surface area (Å²) >= 11 is 4.84. The predicted octanol–water partition coefficient (Wildman–Crippen LogP) is 7.01. The van der Waals surface area contributed by atoms with Gasteiger partial charge in [0.05, 0.1) is 30.6 Å². The van der Waals surface area contributed by atoms with Gasteiger partial charge in [-0.3, -0.25) is 0 Å². The van der Waals surface area contributed by atoms with Crippen LogP contribution < -0.4 is 50.5 Å². The Bertz CT molecular complexity index is 2910. The van der Waals surface area contributed by atoms with Crippen LogP contribution in [0.3, 0.4) is 0 Å². The fourth-order valence-electron chi connectivity index (χ4n) is 6.15. The second-order valence-corrected chi connectivity index (χ2v) is 19.6. The summed E-state index contributed by atoms with van der Waals surface area (Å²) in [4.78, 5) is 0. The van der Waals surface area contributed by atoms with Gasteiger partial charge in [0, 0.05) is 59.4 Å². The molecule has 0 fully saturated rings. The van der Waals surface area contributed by atoms with E-state index >= 15 is 0 Å². The van der Waals surface area contributed by atoms with Crippen molar-refractivity contribution in [2.75, 3.05) is 27.8 Å². The van der Waals surface area contributed by atoms with Gasteiger partial charge in [0.15, 0.2) is 38.8 Å². The van der Waals surface area contributed by atoms with Gasteiger partial charge in [-0.1, -0.05) is 24.3 Å². The minimum absolute atomic E-state index is 0.0139. The van der Waals surface area contributed by atoms with Gasteiger partial charge in [-0.05, 0) is 107 Å². The van der Waals surface area contributed by atoms with Crippen LogP contribution in [0.4, 0.5) is 0 Å². The number of halogens is 2. The molecule has 8 nitrogen and oxygen atoms in total. The third kappa shape index (κ3) is 15.9. The van der Waals surface area contributed by atoms with Gasteiger partial charge in [-0.2, -0.15) is 12.6 Å². The summed E-state index contributed by atoms with van der Waals surface area (Å²) in [6.45, 7) is 0.0279. The standard InChI is InChI=1S/C39H14O4P2S.C16H20N2O2.2ClH.Ru/c1-5-9-13-17-25-44(26-18-14-10-6-2)33-23-21-31-37(42-29-40-31)35(33)39(46)36-34(24-22-32-38(36)43-30-41-32)45(27-19-15-11-7-3)28-20-16-12-8-4;1-19-13-7-3-11(4-8-13)15(17)16(18)12-5-9-14(20-2)10-6-12;;;/h1-4,21-24,39,46H,29-30H2;3-10,15-16H,17-18H2,1-2H3;2*1H;/q;;;;+4. The maximum atomic E-state index is 6.24. The van der Waals surface area contributed by atoms with Crippen LogP contribution in [-0.4, -0.2) is 27.8 Å². The molecule has 0 saturated carbocycles. The Kier molecular flexibility index (Phi) is 23.8. The summed E-state index contributed by atoms with van der Waals surface area (Å²) < 4.78 is 33.8. The molecule has 4 N–H and O–H groups in total. The second-order valence-electron chi connectivity index (χ2n) is 12.9. The number of hydrogen-bond acceptors (Lipinski definition) is 9. The van der Waals surface area contributed by atoms with E-state index in [0.717, 1.165) is 33.2 Å². The number of hydrogen-bond donors (Lipinski definition) is 3. The molecule has 0 aromatic heterocycles. The Labute approximate surface area is 428 Å². The molecule has 2 aliphatic rings. The molecule has 0 spiro atoms. The van der Waals surface area contributed by atoms with E-state index in [1.165, 1.54) is 0 Å². The van der Waals surface area contributed by atoms with Crippen molar-refractivity contribution in [3.05, 3.63) is 95.1 Å². The number of ether oxygens (including phenoxy) is 6. The number of benzene rings is 4. The number of nitrogens with two attached hydrogens (primary N) is 2. The number of rotatable bonds is 9. The van der Waals surface area contributed by atoms with E-state index in [0.29, 0.717) is 34.1 Å². The molecule has 0 radical (unpaired) electrons. The van der Waals surface area contributed by atoms with Gasteiger partial charge < -0.3 is 39.9 Å². The molecule has 4 aromatic rings. The van der Waals surface area contributed by atoms with Gasteiger partial charge in [0.1, 0.15) is 44.8 Å². The van der Waals surface area contributed by atoms with Gasteiger partial charge >= 0.3 is 34.5 Å². The fraction of sp³-hybridized carbons (Fsp3) is 0.127. The predicted molar refractivity (Wildman–Crippen MR) is 281 cm³/mol. The number of thiol groups is 1. The molecule has 14 heteroatoms. The molecule has 2 unspecified atom stereocenters. The van der Waals surface area contributed by atoms with Gasteiger partial charge in [-0.15, -0.1) is 25.7 Å². The molecule has 2 atom stereocenters. The normalized spacial score (nSPS) is 10.8. The summed E-state index contributed by atoms with van der Waals surface area (Å²) in [5.41, 5.74) is 28.4. The van der Waals surface area contributed by atoms with E-state index in [4.69, 9.17) is 97.6 Å². The van der Waals surface area contributed by atoms with Crippen LogP contribution in [0.25, 0.3) is 0 Å². The van der Waals surface area contributed by atoms with Crippen LogP contribution >= 0.6 is 47.9 Å². The molecule has 0 bridgehead atoms. The Morgan fingerprint density at radius 1 is 0.522 bits per heavy atom. The van der Waals surface area contributed by atoms with Crippen LogP contribution in [0.15, 0.2) is 72.8 Å². The van der Waals surface area contributed by atoms with Crippen molar-refractivity contribution in [1.29, 1.82) is 0 Å². The van der Waals surface area contributed by atoms with Gasteiger partial charge in [0.2, 0.25) is 13.6 Å². The van der Waals surface area contributed by atoms with Crippen LogP contribution in [-0.2, 0) is 15.1 Å². The zero-order valence-electron chi connectivity index (χ0n) is 36.5. The van der Waals surface area contributed by atoms with Crippen molar-refractivity contribution >= 4 is 58.5 Å². The quantitative estimate of drug-likeness (QED) is 0.0712. The van der Waals surface area contributed by atoms with Crippen LogP contribution in [0, 0.1) is 143 Å². The zero-order chi connectivity index (χ0) is 49.8. The number of fused-ring (bicyclic) bond motifs is 2. The molecule has 4 aromatic carbocycles. The molecule has 2 aliphatic heterocycles. The van der Waals surface area contributed by atoms with E-state index in [1.807, 2.05) is 60.7 Å². The van der Waals surface area contributed by atoms with E-state index in [9.17, 15) is 0 Å². The monoisotopic (exact) mass is 1090 g/mol. The summed E-state index contributed by atoms with van der Waals surface area (Å²) in [6.07, 6.45) is 21.1. The molecule has 69 heavy (non-hydrogen) atoms. The van der Waals surface area contributed by atoms with Gasteiger partial charge in [0.25, 0.3) is 0 Å². The summed E-state index contributed by atoms with van der Waals surface area (Å²) in [7, 11) is 8.95. The molecule has 6 rings (SSSR count). The Balaban J connectivity index is 0.000000373. The van der Waals surface area contributed by atoms with E-state index < -0.39 is 21.1 Å². The van der Waals surface area contributed by atoms with Crippen molar-refractivity contribution in [3.63, 3.8) is 0 Å². The first-order chi connectivity index (χ1) is 33.7. The van der Waals surface area contributed by atoms with Gasteiger partial charge in [-0.25, -0.2) is 0 Å². The number of terminal acetylenes is 4. The molecular formula is C55H36Cl2N2O6P2RuS+4. The van der Waals surface area contributed by atoms with E-state index in [-0.39, 0.29) is 40.8 Å². The Morgan fingerprint density at radius 2 is 0.841 bits per heavy atom. The Morgan fingerprint density at radius 3 is 1.13 bits per heavy atom. The maximum absolute atomic E-state index is 6.24. The first-order valence-electron chi connectivity index (χ1n) is 19.5. The van der Waals surface area contributed by atoms with Crippen molar-refractivity contribution in [2.24, 2.45) is 11.5 Å².